The first-order valence-corrected chi connectivity index (χ1v) is 13.9. The van der Waals surface area contributed by atoms with Crippen molar-refractivity contribution in [2.45, 2.75) is 33.1 Å². The van der Waals surface area contributed by atoms with E-state index in [1.807, 2.05) is 86.6 Å². The van der Waals surface area contributed by atoms with Gasteiger partial charge < -0.3 is 10.1 Å². The summed E-state index contributed by atoms with van der Waals surface area (Å²) in [7, 11) is 0. The van der Waals surface area contributed by atoms with E-state index >= 15 is 0 Å². The van der Waals surface area contributed by atoms with Crippen LogP contribution in [0.15, 0.2) is 89.0 Å². The van der Waals surface area contributed by atoms with E-state index in [9.17, 15) is 14.4 Å². The molecule has 1 N–H and O–H groups in total. The van der Waals surface area contributed by atoms with Crippen LogP contribution in [0.25, 0.3) is 16.5 Å². The molecular weight excluding hydrogens is 522 g/mol. The molecule has 0 saturated heterocycles. The van der Waals surface area contributed by atoms with E-state index in [1.165, 1.54) is 16.0 Å². The molecule has 0 atom stereocenters. The average Bonchev–Trinajstić information content (AvgIpc) is 3.38. The average molecular weight is 552 g/mol. The van der Waals surface area contributed by atoms with E-state index in [0.29, 0.717) is 16.1 Å². The minimum Gasteiger partial charge on any atom is -0.461 e. The summed E-state index contributed by atoms with van der Waals surface area (Å²) < 4.78 is 6.46. The minimum absolute atomic E-state index is 0.0258. The normalized spacial score (nSPS) is 11.1. The fourth-order valence-corrected chi connectivity index (χ4v) is 5.64. The van der Waals surface area contributed by atoms with Crippen LogP contribution in [0, 0.1) is 13.8 Å². The molecule has 2 aromatic heterocycles. The SMILES string of the molecule is CCOC(=O)c1nn(-c2ccc(C)c(C)c2)c(=O)c2c(NC(=O)CC(c3ccccc3)c3ccccc3)scc12. The topological polar surface area (TPSA) is 90.3 Å². The van der Waals surface area contributed by atoms with Gasteiger partial charge in [0.15, 0.2) is 5.69 Å². The molecule has 0 aliphatic carbocycles. The number of carbonyl (C=O) groups is 2. The molecular formula is C32H29N3O4S. The van der Waals surface area contributed by atoms with Gasteiger partial charge >= 0.3 is 5.97 Å². The number of nitrogens with one attached hydrogen (secondary N) is 1. The van der Waals surface area contributed by atoms with Gasteiger partial charge in [-0.25, -0.2) is 4.79 Å². The number of rotatable bonds is 8. The Balaban J connectivity index is 1.56. The predicted molar refractivity (Wildman–Crippen MR) is 159 cm³/mol. The molecule has 0 saturated carbocycles. The zero-order valence-corrected chi connectivity index (χ0v) is 23.3. The number of carbonyl (C=O) groups excluding carboxylic acids is 2. The van der Waals surface area contributed by atoms with E-state index in [1.54, 1.807) is 18.4 Å². The summed E-state index contributed by atoms with van der Waals surface area (Å²) in [6, 6.07) is 25.3. The zero-order valence-electron chi connectivity index (χ0n) is 22.5. The van der Waals surface area contributed by atoms with Crippen molar-refractivity contribution in [1.29, 1.82) is 0 Å². The highest BCUT2D eigenvalue weighted by Gasteiger charge is 2.24. The van der Waals surface area contributed by atoms with Crippen LogP contribution in [0.5, 0.6) is 0 Å². The Kier molecular flexibility index (Phi) is 7.89. The molecule has 1 amide bonds. The zero-order chi connectivity index (χ0) is 28.2. The molecule has 5 rings (SSSR count). The van der Waals surface area contributed by atoms with Gasteiger partial charge in [-0.1, -0.05) is 66.7 Å². The van der Waals surface area contributed by atoms with E-state index in [-0.39, 0.29) is 35.9 Å². The first-order valence-electron chi connectivity index (χ1n) is 13.1. The maximum absolute atomic E-state index is 13.8. The summed E-state index contributed by atoms with van der Waals surface area (Å²) in [6.45, 7) is 5.80. The third-order valence-electron chi connectivity index (χ3n) is 6.90. The number of benzene rings is 3. The van der Waals surface area contributed by atoms with Crippen LogP contribution in [-0.4, -0.2) is 28.3 Å². The number of aromatic nitrogens is 2. The molecule has 202 valence electrons. The molecule has 8 heteroatoms. The smallest absolute Gasteiger partial charge is 0.359 e. The Morgan fingerprint density at radius 1 is 0.950 bits per heavy atom. The van der Waals surface area contributed by atoms with Gasteiger partial charge in [-0.05, 0) is 55.2 Å². The van der Waals surface area contributed by atoms with E-state index in [2.05, 4.69) is 10.4 Å². The number of anilines is 1. The second-order valence-corrected chi connectivity index (χ2v) is 10.4. The van der Waals surface area contributed by atoms with Crippen LogP contribution in [0.1, 0.15) is 52.0 Å². The fourth-order valence-electron chi connectivity index (χ4n) is 4.69. The maximum Gasteiger partial charge on any atom is 0.359 e. The molecule has 5 aromatic rings. The number of ether oxygens (including phenoxy) is 1. The van der Waals surface area contributed by atoms with Crippen LogP contribution in [0.4, 0.5) is 5.00 Å². The third kappa shape index (κ3) is 5.44. The number of hydrogen-bond donors (Lipinski definition) is 1. The number of nitrogens with zero attached hydrogens (tertiary/aromatic N) is 2. The summed E-state index contributed by atoms with van der Waals surface area (Å²) in [4.78, 5) is 40.1. The fraction of sp³-hybridized carbons (Fsp3) is 0.188. The van der Waals surface area contributed by atoms with Crippen molar-refractivity contribution in [3.8, 4) is 5.69 Å². The molecule has 40 heavy (non-hydrogen) atoms. The number of thiophene rings is 1. The van der Waals surface area contributed by atoms with E-state index in [4.69, 9.17) is 4.74 Å². The second-order valence-electron chi connectivity index (χ2n) is 9.53. The molecule has 0 spiro atoms. The molecule has 3 aromatic carbocycles. The third-order valence-corrected chi connectivity index (χ3v) is 7.80. The first kappa shape index (κ1) is 27.0. The van der Waals surface area contributed by atoms with Crippen molar-refractivity contribution in [2.75, 3.05) is 11.9 Å². The highest BCUT2D eigenvalue weighted by molar-refractivity contribution is 7.16. The van der Waals surface area contributed by atoms with Crippen molar-refractivity contribution in [3.05, 3.63) is 123 Å². The maximum atomic E-state index is 13.8. The highest BCUT2D eigenvalue weighted by atomic mass is 32.1. The standard InChI is InChI=1S/C32H29N3O4S/c1-4-39-32(38)29-26-19-40-30(28(26)31(37)35(34-29)24-16-15-20(2)21(3)17-24)33-27(36)18-25(22-11-7-5-8-12-22)23-13-9-6-10-14-23/h5-17,19,25H,4,18H2,1-3H3,(H,33,36). The molecule has 7 nitrogen and oxygen atoms in total. The lowest BCUT2D eigenvalue weighted by atomic mass is 9.88. The summed E-state index contributed by atoms with van der Waals surface area (Å²) in [5, 5.41) is 9.98. The van der Waals surface area contributed by atoms with Crippen LogP contribution in [0.3, 0.4) is 0 Å². The lowest BCUT2D eigenvalue weighted by molar-refractivity contribution is -0.116. The van der Waals surface area contributed by atoms with E-state index < -0.39 is 11.5 Å². The highest BCUT2D eigenvalue weighted by Crippen LogP contribution is 2.33. The molecule has 0 bridgehead atoms. The summed E-state index contributed by atoms with van der Waals surface area (Å²) in [5.41, 5.74) is 4.21. The van der Waals surface area contributed by atoms with Gasteiger partial charge in [-0.3, -0.25) is 9.59 Å². The molecule has 0 radical (unpaired) electrons. The molecule has 2 heterocycles. The van der Waals surface area contributed by atoms with Gasteiger partial charge in [0.25, 0.3) is 5.56 Å². The van der Waals surface area contributed by atoms with Crippen molar-refractivity contribution in [2.24, 2.45) is 0 Å². The van der Waals surface area contributed by atoms with Crippen LogP contribution in [-0.2, 0) is 9.53 Å². The Morgan fingerprint density at radius 3 is 2.20 bits per heavy atom. The lowest BCUT2D eigenvalue weighted by Gasteiger charge is -2.18. The number of esters is 1. The van der Waals surface area contributed by atoms with Crippen molar-refractivity contribution in [1.82, 2.24) is 9.78 Å². The Morgan fingerprint density at radius 2 is 1.60 bits per heavy atom. The van der Waals surface area contributed by atoms with Gasteiger partial charge in [-0.15, -0.1) is 11.3 Å². The quantitative estimate of drug-likeness (QED) is 0.225. The Bertz CT molecular complexity index is 1700. The van der Waals surface area contributed by atoms with Crippen molar-refractivity contribution >= 4 is 39.0 Å². The second kappa shape index (κ2) is 11.7. The van der Waals surface area contributed by atoms with Gasteiger partial charge in [0.1, 0.15) is 5.00 Å². The number of amides is 1. The van der Waals surface area contributed by atoms with Crippen molar-refractivity contribution in [3.63, 3.8) is 0 Å². The van der Waals surface area contributed by atoms with Gasteiger partial charge in [0.2, 0.25) is 5.91 Å². The predicted octanol–water partition coefficient (Wildman–Crippen LogP) is 6.40. The van der Waals surface area contributed by atoms with Crippen LogP contribution in [0.2, 0.25) is 0 Å². The number of hydrogen-bond acceptors (Lipinski definition) is 6. The molecule has 0 unspecified atom stereocenters. The van der Waals surface area contributed by atoms with Gasteiger partial charge in [0.05, 0.1) is 17.7 Å². The van der Waals surface area contributed by atoms with Crippen LogP contribution >= 0.6 is 11.3 Å². The van der Waals surface area contributed by atoms with Crippen molar-refractivity contribution < 1.29 is 14.3 Å². The largest absolute Gasteiger partial charge is 0.461 e. The Labute approximate surface area is 236 Å². The summed E-state index contributed by atoms with van der Waals surface area (Å²) >= 11 is 1.19. The van der Waals surface area contributed by atoms with E-state index in [0.717, 1.165) is 22.3 Å². The first-order chi connectivity index (χ1) is 19.4. The molecule has 0 fully saturated rings. The summed E-state index contributed by atoms with van der Waals surface area (Å²) in [6.07, 6.45) is 0.175. The lowest BCUT2D eigenvalue weighted by Crippen LogP contribution is -2.26. The minimum atomic E-state index is -0.631. The molecule has 0 aliphatic rings. The van der Waals surface area contributed by atoms with Crippen LogP contribution < -0.4 is 10.9 Å². The molecule has 0 aliphatic heterocycles. The summed E-state index contributed by atoms with van der Waals surface area (Å²) in [5.74, 6) is -1.04. The number of fused-ring (bicyclic) bond motifs is 1. The number of aryl methyl sites for hydroxylation is 2. The Hall–Kier alpha value is -4.56. The van der Waals surface area contributed by atoms with Gasteiger partial charge in [-0.2, -0.15) is 9.78 Å². The van der Waals surface area contributed by atoms with Gasteiger partial charge in [0, 0.05) is 23.1 Å². The monoisotopic (exact) mass is 551 g/mol.